The minimum absolute atomic E-state index is 0.0983. The van der Waals surface area contributed by atoms with Crippen molar-refractivity contribution in [2.24, 2.45) is 0 Å². The quantitative estimate of drug-likeness (QED) is 0.775. The van der Waals surface area contributed by atoms with Gasteiger partial charge in [0.15, 0.2) is 0 Å². The summed E-state index contributed by atoms with van der Waals surface area (Å²) >= 11 is 0. The summed E-state index contributed by atoms with van der Waals surface area (Å²) in [5.41, 5.74) is 1.23. The number of ether oxygens (including phenoxy) is 1. The van der Waals surface area contributed by atoms with Crippen LogP contribution in [0.5, 0.6) is 0 Å². The summed E-state index contributed by atoms with van der Waals surface area (Å²) in [5.74, 6) is 1.34. The van der Waals surface area contributed by atoms with Crippen LogP contribution in [0.3, 0.4) is 0 Å². The number of rotatable bonds is 6. The molecular formula is C17H22NO. The van der Waals surface area contributed by atoms with E-state index >= 15 is 0 Å². The standard InChI is InChI=1S/C17H22NO/c1-14(18(2)13-15-9-7-8-10-15)17(19-3)16-11-5-4-6-12-16/h4-12,14,17H,13H2,1-3H3/t14-,17+/m0/s1. The molecule has 0 unspecified atom stereocenters. The second kappa shape index (κ2) is 7.06. The van der Waals surface area contributed by atoms with Crippen LogP contribution < -0.4 is 0 Å². The molecular weight excluding hydrogens is 234 g/mol. The van der Waals surface area contributed by atoms with Crippen LogP contribution >= 0.6 is 0 Å². The van der Waals surface area contributed by atoms with Gasteiger partial charge in [-0.25, -0.2) is 0 Å². The number of methoxy groups -OCH3 is 1. The maximum Gasteiger partial charge on any atom is 0.0973 e. The Balaban J connectivity index is 1.97. The molecule has 2 heteroatoms. The van der Waals surface area contributed by atoms with E-state index < -0.39 is 0 Å². The minimum atomic E-state index is 0.0983. The summed E-state index contributed by atoms with van der Waals surface area (Å²) in [4.78, 5) is 2.33. The van der Waals surface area contributed by atoms with E-state index in [1.165, 1.54) is 11.5 Å². The van der Waals surface area contributed by atoms with Gasteiger partial charge >= 0.3 is 0 Å². The predicted octanol–water partition coefficient (Wildman–Crippen LogP) is 3.10. The molecule has 2 nitrogen and oxygen atoms in total. The smallest absolute Gasteiger partial charge is 0.0973 e. The molecule has 19 heavy (non-hydrogen) atoms. The van der Waals surface area contributed by atoms with Gasteiger partial charge in [-0.1, -0.05) is 30.3 Å². The van der Waals surface area contributed by atoms with E-state index in [2.05, 4.69) is 68.8 Å². The first-order valence-electron chi connectivity index (χ1n) is 6.71. The zero-order chi connectivity index (χ0) is 13.7. The van der Waals surface area contributed by atoms with Crippen LogP contribution in [0.25, 0.3) is 0 Å². The van der Waals surface area contributed by atoms with E-state index in [-0.39, 0.29) is 6.10 Å². The third kappa shape index (κ3) is 3.80. The lowest BCUT2D eigenvalue weighted by atomic mass is 10.0. The van der Waals surface area contributed by atoms with Gasteiger partial charge in [-0.2, -0.15) is 0 Å². The first-order chi connectivity index (χ1) is 9.22. The number of nitrogens with zero attached hydrogens (tertiary/aromatic N) is 1. The lowest BCUT2D eigenvalue weighted by molar-refractivity contribution is 0.0321. The van der Waals surface area contributed by atoms with E-state index in [1.54, 1.807) is 7.11 Å². The molecule has 1 aromatic rings. The molecule has 0 N–H and O–H groups in total. The zero-order valence-corrected chi connectivity index (χ0v) is 11.9. The summed E-state index contributed by atoms with van der Waals surface area (Å²) in [6, 6.07) is 10.7. The lowest BCUT2D eigenvalue weighted by Crippen LogP contribution is -2.37. The molecule has 1 saturated carbocycles. The fourth-order valence-electron chi connectivity index (χ4n) is 2.44. The summed E-state index contributed by atoms with van der Waals surface area (Å²) < 4.78 is 5.70. The van der Waals surface area contributed by atoms with Gasteiger partial charge in [0.05, 0.1) is 6.10 Å². The minimum Gasteiger partial charge on any atom is -0.375 e. The Hall–Kier alpha value is -0.860. The Labute approximate surface area is 117 Å². The van der Waals surface area contributed by atoms with Gasteiger partial charge in [0.1, 0.15) is 0 Å². The summed E-state index contributed by atoms with van der Waals surface area (Å²) in [7, 11) is 3.93. The Morgan fingerprint density at radius 3 is 2.32 bits per heavy atom. The fourth-order valence-corrected chi connectivity index (χ4v) is 2.44. The topological polar surface area (TPSA) is 12.5 Å². The molecule has 1 aromatic carbocycles. The van der Waals surface area contributed by atoms with Crippen LogP contribution in [-0.2, 0) is 4.74 Å². The van der Waals surface area contributed by atoms with Crippen LogP contribution in [0.2, 0.25) is 0 Å². The highest BCUT2D eigenvalue weighted by atomic mass is 16.5. The van der Waals surface area contributed by atoms with Gasteiger partial charge in [0.25, 0.3) is 0 Å². The van der Waals surface area contributed by atoms with E-state index in [4.69, 9.17) is 4.74 Å². The molecule has 1 fully saturated rings. The lowest BCUT2D eigenvalue weighted by Gasteiger charge is -2.32. The highest BCUT2D eigenvalue weighted by molar-refractivity contribution is 5.36. The molecule has 2 rings (SSSR count). The molecule has 0 heterocycles. The molecule has 0 saturated heterocycles. The highest BCUT2D eigenvalue weighted by Gasteiger charge is 2.26. The zero-order valence-electron chi connectivity index (χ0n) is 11.9. The van der Waals surface area contributed by atoms with Gasteiger partial charge in [-0.3, -0.25) is 0 Å². The van der Waals surface area contributed by atoms with Crippen molar-refractivity contribution in [1.29, 1.82) is 0 Å². The Morgan fingerprint density at radius 1 is 1.11 bits per heavy atom. The van der Waals surface area contributed by atoms with Crippen LogP contribution in [-0.4, -0.2) is 31.6 Å². The Morgan fingerprint density at radius 2 is 1.74 bits per heavy atom. The largest absolute Gasteiger partial charge is 0.375 e. The summed E-state index contributed by atoms with van der Waals surface area (Å²) in [6.45, 7) is 3.16. The maximum absolute atomic E-state index is 5.70. The Bertz CT molecular complexity index is 359. The molecule has 0 amide bonds. The van der Waals surface area contributed by atoms with Crippen LogP contribution in [0.4, 0.5) is 0 Å². The molecule has 5 radical (unpaired) electrons. The van der Waals surface area contributed by atoms with Crippen molar-refractivity contribution in [3.05, 3.63) is 67.5 Å². The Kier molecular flexibility index (Phi) is 5.41. The molecule has 2 atom stereocenters. The van der Waals surface area contributed by atoms with Gasteiger partial charge in [0.2, 0.25) is 0 Å². The predicted molar refractivity (Wildman–Crippen MR) is 78.7 cm³/mol. The van der Waals surface area contributed by atoms with Crippen LogP contribution in [0, 0.1) is 31.6 Å². The van der Waals surface area contributed by atoms with Crippen molar-refractivity contribution in [3.63, 3.8) is 0 Å². The number of likely N-dealkylation sites (N-methyl/N-ethyl adjacent to an activating group) is 1. The highest BCUT2D eigenvalue weighted by Crippen LogP contribution is 2.28. The molecule has 0 aliphatic heterocycles. The number of hydrogen-bond donors (Lipinski definition) is 0. The number of hydrogen-bond acceptors (Lipinski definition) is 2. The summed E-state index contributed by atoms with van der Waals surface area (Å²) in [5, 5.41) is 0. The second-order valence-electron chi connectivity index (χ2n) is 5.02. The third-order valence-electron chi connectivity index (χ3n) is 3.68. The fraction of sp³-hybridized carbons (Fsp3) is 0.353. The van der Waals surface area contributed by atoms with E-state index in [1.807, 2.05) is 6.07 Å². The van der Waals surface area contributed by atoms with E-state index in [9.17, 15) is 0 Å². The van der Waals surface area contributed by atoms with Crippen LogP contribution in [0.1, 0.15) is 18.6 Å². The normalized spacial score (nSPS) is 19.8. The first-order valence-corrected chi connectivity index (χ1v) is 6.71. The molecule has 1 aliphatic carbocycles. The average molecular weight is 256 g/mol. The first kappa shape index (κ1) is 14.5. The third-order valence-corrected chi connectivity index (χ3v) is 3.68. The molecule has 101 valence electrons. The van der Waals surface area contributed by atoms with Crippen molar-refractivity contribution in [2.45, 2.75) is 19.1 Å². The molecule has 0 aromatic heterocycles. The van der Waals surface area contributed by atoms with Crippen molar-refractivity contribution >= 4 is 0 Å². The van der Waals surface area contributed by atoms with Gasteiger partial charge < -0.3 is 9.64 Å². The van der Waals surface area contributed by atoms with Gasteiger partial charge in [0, 0.05) is 19.7 Å². The average Bonchev–Trinajstić information content (AvgIpc) is 2.93. The molecule has 1 aliphatic rings. The molecule has 0 bridgehead atoms. The monoisotopic (exact) mass is 256 g/mol. The van der Waals surface area contributed by atoms with Crippen molar-refractivity contribution in [1.82, 2.24) is 4.90 Å². The molecule has 0 spiro atoms. The van der Waals surface area contributed by atoms with Crippen molar-refractivity contribution in [2.75, 3.05) is 20.7 Å². The second-order valence-corrected chi connectivity index (χ2v) is 5.02. The van der Waals surface area contributed by atoms with Gasteiger partial charge in [-0.05, 0) is 51.1 Å². The van der Waals surface area contributed by atoms with Crippen molar-refractivity contribution in [3.8, 4) is 0 Å². The van der Waals surface area contributed by atoms with Crippen LogP contribution in [0.15, 0.2) is 30.3 Å². The number of benzene rings is 1. The van der Waals surface area contributed by atoms with Gasteiger partial charge in [-0.15, -0.1) is 0 Å². The van der Waals surface area contributed by atoms with E-state index in [0.717, 1.165) is 6.54 Å². The SMILES string of the molecule is CO[C@@H](c1ccccc1)[C@H](C)N(C)C[C]1[CH][CH][CH][CH]1. The van der Waals surface area contributed by atoms with E-state index in [0.29, 0.717) is 6.04 Å². The summed E-state index contributed by atoms with van der Waals surface area (Å²) in [6.07, 6.45) is 8.58. The maximum atomic E-state index is 5.70. The van der Waals surface area contributed by atoms with Crippen molar-refractivity contribution < 1.29 is 4.74 Å².